The molecule has 0 rings (SSSR count). The smallest absolute Gasteiger partial charge is 0.0723 e. The average molecular weight is 140 g/mol. The van der Waals surface area contributed by atoms with E-state index in [-0.39, 0.29) is 6.10 Å². The fourth-order valence-electron chi connectivity index (χ4n) is 0.836. The second-order valence-electron chi connectivity index (χ2n) is 2.44. The van der Waals surface area contributed by atoms with E-state index >= 15 is 0 Å². The van der Waals surface area contributed by atoms with Gasteiger partial charge in [-0.15, -0.1) is 13.2 Å². The summed E-state index contributed by atoms with van der Waals surface area (Å²) in [5.74, 6) is 0.424. The quantitative estimate of drug-likeness (QED) is 0.580. The van der Waals surface area contributed by atoms with E-state index in [1.807, 2.05) is 6.08 Å². The number of hydrogen-bond acceptors (Lipinski definition) is 1. The third-order valence-corrected chi connectivity index (χ3v) is 1.67. The highest BCUT2D eigenvalue weighted by molar-refractivity contribution is 4.86. The van der Waals surface area contributed by atoms with Gasteiger partial charge in [-0.1, -0.05) is 19.1 Å². The van der Waals surface area contributed by atoms with Gasteiger partial charge in [-0.05, 0) is 18.8 Å². The molecule has 1 nitrogen and oxygen atoms in total. The summed E-state index contributed by atoms with van der Waals surface area (Å²) in [6.45, 7) is 9.26. The highest BCUT2D eigenvalue weighted by atomic mass is 16.3. The van der Waals surface area contributed by atoms with Gasteiger partial charge < -0.3 is 5.11 Å². The molecule has 0 aliphatic carbocycles. The van der Waals surface area contributed by atoms with Crippen LogP contribution in [-0.4, -0.2) is 11.2 Å². The Morgan fingerprint density at radius 1 is 1.40 bits per heavy atom. The summed E-state index contributed by atoms with van der Waals surface area (Å²) in [7, 11) is 0. The Balaban J connectivity index is 3.61. The van der Waals surface area contributed by atoms with E-state index in [0.29, 0.717) is 5.92 Å². The van der Waals surface area contributed by atoms with Crippen LogP contribution in [0.1, 0.15) is 19.8 Å². The maximum absolute atomic E-state index is 9.12. The second kappa shape index (κ2) is 5.24. The van der Waals surface area contributed by atoms with Crippen LogP contribution in [0, 0.1) is 5.92 Å². The van der Waals surface area contributed by atoms with Crippen LogP contribution in [0.5, 0.6) is 0 Å². The van der Waals surface area contributed by atoms with Crippen LogP contribution in [0.2, 0.25) is 0 Å². The monoisotopic (exact) mass is 140 g/mol. The van der Waals surface area contributed by atoms with Crippen molar-refractivity contribution in [3.63, 3.8) is 0 Å². The molecule has 0 bridgehead atoms. The molecule has 10 heavy (non-hydrogen) atoms. The number of rotatable bonds is 5. The topological polar surface area (TPSA) is 20.2 Å². The Labute approximate surface area is 63.1 Å². The van der Waals surface area contributed by atoms with Crippen molar-refractivity contribution in [2.45, 2.75) is 25.9 Å². The van der Waals surface area contributed by atoms with Crippen molar-refractivity contribution in [2.75, 3.05) is 0 Å². The summed E-state index contributed by atoms with van der Waals surface area (Å²) in [5, 5.41) is 9.12. The van der Waals surface area contributed by atoms with Crippen LogP contribution in [0.25, 0.3) is 0 Å². The van der Waals surface area contributed by atoms with E-state index in [1.165, 1.54) is 0 Å². The van der Waals surface area contributed by atoms with Crippen LogP contribution >= 0.6 is 0 Å². The van der Waals surface area contributed by atoms with E-state index in [4.69, 9.17) is 5.11 Å². The van der Waals surface area contributed by atoms with Gasteiger partial charge in [0.1, 0.15) is 0 Å². The molecule has 2 atom stereocenters. The predicted molar refractivity (Wildman–Crippen MR) is 44.8 cm³/mol. The highest BCUT2D eigenvalue weighted by Gasteiger charge is 2.05. The molecule has 2 unspecified atom stereocenters. The van der Waals surface area contributed by atoms with Crippen LogP contribution in [0.15, 0.2) is 25.3 Å². The highest BCUT2D eigenvalue weighted by Crippen LogP contribution is 2.11. The molecule has 0 fully saturated rings. The first-order valence-electron chi connectivity index (χ1n) is 3.67. The molecule has 0 aromatic carbocycles. The minimum absolute atomic E-state index is 0.372. The van der Waals surface area contributed by atoms with E-state index in [1.54, 1.807) is 6.08 Å². The predicted octanol–water partition coefficient (Wildman–Crippen LogP) is 2.14. The maximum atomic E-state index is 9.12. The van der Waals surface area contributed by atoms with Crippen molar-refractivity contribution in [1.29, 1.82) is 0 Å². The lowest BCUT2D eigenvalue weighted by molar-refractivity contribution is 0.196. The number of hydrogen-bond donors (Lipinski definition) is 1. The zero-order valence-corrected chi connectivity index (χ0v) is 6.59. The number of allylic oxidation sites excluding steroid dienone is 1. The van der Waals surface area contributed by atoms with E-state index in [2.05, 4.69) is 20.1 Å². The number of aliphatic hydroxyl groups is 1. The van der Waals surface area contributed by atoms with Crippen LogP contribution < -0.4 is 0 Å². The van der Waals surface area contributed by atoms with E-state index in [0.717, 1.165) is 12.8 Å². The van der Waals surface area contributed by atoms with Crippen molar-refractivity contribution >= 4 is 0 Å². The average Bonchev–Trinajstić information content (AvgIpc) is 1.99. The molecule has 0 saturated heterocycles. The minimum atomic E-state index is -0.372. The van der Waals surface area contributed by atoms with Crippen molar-refractivity contribution < 1.29 is 5.11 Å². The number of aliphatic hydroxyl groups excluding tert-OH is 1. The van der Waals surface area contributed by atoms with Crippen LogP contribution in [0.4, 0.5) is 0 Å². The van der Waals surface area contributed by atoms with Gasteiger partial charge in [-0.2, -0.15) is 0 Å². The molecule has 1 heteroatoms. The third kappa shape index (κ3) is 3.46. The third-order valence-electron chi connectivity index (χ3n) is 1.67. The zero-order valence-electron chi connectivity index (χ0n) is 6.59. The summed E-state index contributed by atoms with van der Waals surface area (Å²) < 4.78 is 0. The van der Waals surface area contributed by atoms with Crippen molar-refractivity contribution in [2.24, 2.45) is 5.92 Å². The van der Waals surface area contributed by atoms with Gasteiger partial charge in [0.2, 0.25) is 0 Å². The van der Waals surface area contributed by atoms with Crippen LogP contribution in [0.3, 0.4) is 0 Å². The molecule has 0 saturated carbocycles. The minimum Gasteiger partial charge on any atom is -0.389 e. The molecule has 0 aromatic rings. The van der Waals surface area contributed by atoms with Crippen molar-refractivity contribution in [3.05, 3.63) is 25.3 Å². The first-order chi connectivity index (χ1) is 4.74. The molecule has 0 aromatic heterocycles. The Bertz CT molecular complexity index is 107. The van der Waals surface area contributed by atoms with E-state index in [9.17, 15) is 0 Å². The van der Waals surface area contributed by atoms with Crippen LogP contribution in [-0.2, 0) is 0 Å². The van der Waals surface area contributed by atoms with Gasteiger partial charge in [0.25, 0.3) is 0 Å². The van der Waals surface area contributed by atoms with Crippen molar-refractivity contribution in [1.82, 2.24) is 0 Å². The molecule has 1 N–H and O–H groups in total. The Kier molecular flexibility index (Phi) is 4.95. The summed E-state index contributed by atoms with van der Waals surface area (Å²) in [6.07, 6.45) is 4.86. The van der Waals surface area contributed by atoms with Gasteiger partial charge in [-0.25, -0.2) is 0 Å². The van der Waals surface area contributed by atoms with Crippen molar-refractivity contribution in [3.8, 4) is 0 Å². The Hall–Kier alpha value is -0.560. The fraction of sp³-hybridized carbons (Fsp3) is 0.556. The molecular weight excluding hydrogens is 124 g/mol. The van der Waals surface area contributed by atoms with Gasteiger partial charge in [-0.3, -0.25) is 0 Å². The fourth-order valence-corrected chi connectivity index (χ4v) is 0.836. The summed E-state index contributed by atoms with van der Waals surface area (Å²) in [6, 6.07) is 0. The first-order valence-corrected chi connectivity index (χ1v) is 3.67. The molecule has 0 radical (unpaired) electrons. The zero-order chi connectivity index (χ0) is 7.98. The van der Waals surface area contributed by atoms with Gasteiger partial charge in [0, 0.05) is 0 Å². The summed E-state index contributed by atoms with van der Waals surface area (Å²) in [5.41, 5.74) is 0. The molecular formula is C9H16O. The van der Waals surface area contributed by atoms with E-state index < -0.39 is 0 Å². The standard InChI is InChI=1S/C9H16O/c1-4-8(5-2)7-9(10)6-3/h4,6,8-10H,1,3,5,7H2,2H3. The maximum Gasteiger partial charge on any atom is 0.0723 e. The molecule has 0 amide bonds. The lowest BCUT2D eigenvalue weighted by Crippen LogP contribution is -2.07. The van der Waals surface area contributed by atoms with Gasteiger partial charge >= 0.3 is 0 Å². The molecule has 0 aliphatic rings. The van der Waals surface area contributed by atoms with Gasteiger partial charge in [0.15, 0.2) is 0 Å². The molecule has 0 aliphatic heterocycles. The second-order valence-corrected chi connectivity index (χ2v) is 2.44. The Morgan fingerprint density at radius 3 is 2.30 bits per heavy atom. The lowest BCUT2D eigenvalue weighted by atomic mass is 9.99. The normalized spacial score (nSPS) is 15.8. The van der Waals surface area contributed by atoms with Gasteiger partial charge in [0.05, 0.1) is 6.10 Å². The summed E-state index contributed by atoms with van der Waals surface area (Å²) >= 11 is 0. The Morgan fingerprint density at radius 2 is 2.00 bits per heavy atom. The first kappa shape index (κ1) is 9.44. The summed E-state index contributed by atoms with van der Waals surface area (Å²) in [4.78, 5) is 0. The lowest BCUT2D eigenvalue weighted by Gasteiger charge is -2.11. The molecule has 58 valence electrons. The largest absolute Gasteiger partial charge is 0.389 e. The molecule has 0 spiro atoms. The SMILES string of the molecule is C=CC(O)CC(C=C)CC. The molecule has 0 heterocycles.